The third-order valence-corrected chi connectivity index (χ3v) is 6.53. The highest BCUT2D eigenvalue weighted by atomic mass is 35.5. The molecule has 2 bridgehead atoms. The average molecular weight is 363 g/mol. The van der Waals surface area contributed by atoms with Gasteiger partial charge in [-0.05, 0) is 56.2 Å². The molecule has 3 aliphatic carbocycles. The predicted octanol–water partition coefficient (Wildman–Crippen LogP) is 3.58. The second-order valence-electron chi connectivity index (χ2n) is 7.85. The molecule has 6 heteroatoms. The number of rotatable bonds is 2. The topological polar surface area (TPSA) is 67.4 Å². The van der Waals surface area contributed by atoms with Crippen LogP contribution in [0.4, 0.5) is 5.69 Å². The van der Waals surface area contributed by atoms with Crippen LogP contribution in [0.3, 0.4) is 0 Å². The fourth-order valence-corrected chi connectivity index (χ4v) is 5.25. The molecule has 5 nitrogen and oxygen atoms in total. The minimum Gasteiger partial charge on any atom is -0.466 e. The quantitative estimate of drug-likeness (QED) is 0.789. The van der Waals surface area contributed by atoms with Crippen molar-refractivity contribution >= 4 is 29.2 Å². The summed E-state index contributed by atoms with van der Waals surface area (Å²) >= 11 is 6.03. The molecule has 5 rings (SSSR count). The summed E-state index contributed by atoms with van der Waals surface area (Å²) in [4.78, 5) is 25.1. The number of nitrogens with one attached hydrogen (secondary N) is 2. The Morgan fingerprint density at radius 2 is 2.20 bits per heavy atom. The molecule has 1 heterocycles. The van der Waals surface area contributed by atoms with Gasteiger partial charge in [-0.3, -0.25) is 9.59 Å². The van der Waals surface area contributed by atoms with Crippen LogP contribution in [0.25, 0.3) is 0 Å². The Morgan fingerprint density at radius 3 is 2.92 bits per heavy atom. The molecule has 0 radical (unpaired) electrons. The van der Waals surface area contributed by atoms with Crippen LogP contribution in [0.5, 0.6) is 0 Å². The van der Waals surface area contributed by atoms with Gasteiger partial charge < -0.3 is 15.4 Å². The van der Waals surface area contributed by atoms with E-state index in [-0.39, 0.29) is 29.1 Å². The first-order valence-corrected chi connectivity index (χ1v) is 9.31. The van der Waals surface area contributed by atoms with Crippen LogP contribution in [0.2, 0.25) is 5.02 Å². The fraction of sp³-hybridized carbons (Fsp3) is 0.579. The van der Waals surface area contributed by atoms with E-state index in [1.54, 1.807) is 12.1 Å². The number of hydrogen-bond acceptors (Lipinski definition) is 4. The van der Waals surface area contributed by atoms with E-state index >= 15 is 0 Å². The van der Waals surface area contributed by atoms with Crippen LogP contribution >= 0.6 is 11.6 Å². The van der Waals surface area contributed by atoms with Crippen LogP contribution in [0.15, 0.2) is 18.2 Å². The summed E-state index contributed by atoms with van der Waals surface area (Å²) in [6, 6.07) is 5.35. The van der Waals surface area contributed by atoms with Crippen molar-refractivity contribution in [3.63, 3.8) is 0 Å². The maximum absolute atomic E-state index is 12.7. The molecule has 25 heavy (non-hydrogen) atoms. The Bertz CT molecular complexity index is 752. The van der Waals surface area contributed by atoms with Gasteiger partial charge in [-0.2, -0.15) is 0 Å². The molecule has 1 aromatic rings. The first-order chi connectivity index (χ1) is 11.9. The summed E-state index contributed by atoms with van der Waals surface area (Å²) in [7, 11) is 0. The first kappa shape index (κ1) is 16.7. The third kappa shape index (κ3) is 2.51. The number of amides is 1. The van der Waals surface area contributed by atoms with Gasteiger partial charge in [-0.15, -0.1) is 0 Å². The lowest BCUT2D eigenvalue weighted by Crippen LogP contribution is -2.69. The molecular weight excluding hydrogens is 340 g/mol. The number of esters is 1. The van der Waals surface area contributed by atoms with Gasteiger partial charge in [0.2, 0.25) is 0 Å². The van der Waals surface area contributed by atoms with Crippen molar-refractivity contribution in [2.45, 2.75) is 45.2 Å². The molecule has 1 spiro atoms. The van der Waals surface area contributed by atoms with E-state index in [4.69, 9.17) is 16.3 Å². The predicted molar refractivity (Wildman–Crippen MR) is 95.5 cm³/mol. The normalized spacial score (nSPS) is 35.7. The Morgan fingerprint density at radius 1 is 1.40 bits per heavy atom. The van der Waals surface area contributed by atoms with E-state index in [2.05, 4.69) is 17.6 Å². The van der Waals surface area contributed by atoms with Gasteiger partial charge in [0.15, 0.2) is 0 Å². The number of carbonyl (C=O) groups excluding carboxylic acids is 2. The SMILES string of the molecule is CCOC(=O)[C@H]1C[C@H]2CC[C@@]1(C)C[C@]21NC(=O)c2cc(Cl)ccc2N1. The van der Waals surface area contributed by atoms with Crippen molar-refractivity contribution in [1.82, 2.24) is 5.32 Å². The minimum absolute atomic E-state index is 0.0952. The molecule has 3 fully saturated rings. The Kier molecular flexibility index (Phi) is 3.76. The summed E-state index contributed by atoms with van der Waals surface area (Å²) in [6.45, 7) is 4.40. The van der Waals surface area contributed by atoms with Gasteiger partial charge in [0.05, 0.1) is 18.1 Å². The largest absolute Gasteiger partial charge is 0.466 e. The van der Waals surface area contributed by atoms with Gasteiger partial charge in [0.1, 0.15) is 5.66 Å². The van der Waals surface area contributed by atoms with Gasteiger partial charge in [0.25, 0.3) is 5.91 Å². The lowest BCUT2D eigenvalue weighted by atomic mass is 9.51. The molecule has 0 unspecified atom stereocenters. The van der Waals surface area contributed by atoms with E-state index in [1.807, 2.05) is 13.0 Å². The summed E-state index contributed by atoms with van der Waals surface area (Å²) in [5, 5.41) is 7.33. The van der Waals surface area contributed by atoms with E-state index in [9.17, 15) is 9.59 Å². The maximum atomic E-state index is 12.7. The van der Waals surface area contributed by atoms with Crippen LogP contribution in [0, 0.1) is 17.3 Å². The van der Waals surface area contributed by atoms with E-state index < -0.39 is 5.66 Å². The molecule has 4 atom stereocenters. The molecule has 1 aliphatic heterocycles. The van der Waals surface area contributed by atoms with Gasteiger partial charge in [0, 0.05) is 16.6 Å². The van der Waals surface area contributed by atoms with Crippen LogP contribution < -0.4 is 10.6 Å². The molecule has 0 aromatic heterocycles. The highest BCUT2D eigenvalue weighted by Crippen LogP contribution is 2.58. The number of anilines is 1. The van der Waals surface area contributed by atoms with Crippen molar-refractivity contribution in [2.24, 2.45) is 17.3 Å². The van der Waals surface area contributed by atoms with Crippen molar-refractivity contribution in [2.75, 3.05) is 11.9 Å². The number of hydrogen-bond donors (Lipinski definition) is 2. The standard InChI is InChI=1S/C19H23ClN2O3/c1-3-25-17(24)14-8-11-6-7-18(14,2)10-19(11)21-15-5-4-12(20)9-13(15)16(23)22-19/h4-5,9,11,14,21H,3,6-8,10H2,1-2H3,(H,22,23)/t11-,14-,18+,19+/m1/s1. The molecule has 0 saturated heterocycles. The van der Waals surface area contributed by atoms with Crippen LogP contribution in [-0.2, 0) is 9.53 Å². The minimum atomic E-state index is -0.492. The van der Waals surface area contributed by atoms with Crippen LogP contribution in [0.1, 0.15) is 49.9 Å². The zero-order chi connectivity index (χ0) is 17.8. The monoisotopic (exact) mass is 362 g/mol. The van der Waals surface area contributed by atoms with Crippen LogP contribution in [-0.4, -0.2) is 24.1 Å². The number of halogens is 1. The number of benzene rings is 1. The number of carbonyl (C=O) groups is 2. The van der Waals surface area contributed by atoms with E-state index in [0.717, 1.165) is 31.4 Å². The second kappa shape index (κ2) is 5.63. The van der Waals surface area contributed by atoms with Gasteiger partial charge in [-0.1, -0.05) is 18.5 Å². The lowest BCUT2D eigenvalue weighted by molar-refractivity contribution is -0.163. The third-order valence-electron chi connectivity index (χ3n) is 6.30. The number of fused-ring (bicyclic) bond motifs is 3. The molecule has 1 amide bonds. The molecule has 1 aromatic carbocycles. The Balaban J connectivity index is 1.66. The molecular formula is C19H23ClN2O3. The van der Waals surface area contributed by atoms with Crippen molar-refractivity contribution in [1.29, 1.82) is 0 Å². The van der Waals surface area contributed by atoms with Crippen molar-refractivity contribution in [3.05, 3.63) is 28.8 Å². The highest BCUT2D eigenvalue weighted by molar-refractivity contribution is 6.31. The summed E-state index contributed by atoms with van der Waals surface area (Å²) in [5.41, 5.74) is 0.725. The van der Waals surface area contributed by atoms with Crippen molar-refractivity contribution in [3.8, 4) is 0 Å². The van der Waals surface area contributed by atoms with Crippen molar-refractivity contribution < 1.29 is 14.3 Å². The smallest absolute Gasteiger partial charge is 0.309 e. The highest BCUT2D eigenvalue weighted by Gasteiger charge is 2.60. The average Bonchev–Trinajstić information content (AvgIpc) is 2.55. The Labute approximate surface area is 152 Å². The first-order valence-electron chi connectivity index (χ1n) is 8.94. The molecule has 4 aliphatic rings. The maximum Gasteiger partial charge on any atom is 0.309 e. The molecule has 3 saturated carbocycles. The molecule has 134 valence electrons. The number of ether oxygens (including phenoxy) is 1. The van der Waals surface area contributed by atoms with E-state index in [0.29, 0.717) is 17.2 Å². The zero-order valence-electron chi connectivity index (χ0n) is 14.5. The van der Waals surface area contributed by atoms with Gasteiger partial charge >= 0.3 is 5.97 Å². The second-order valence-corrected chi connectivity index (χ2v) is 8.28. The Hall–Kier alpha value is -1.75. The zero-order valence-corrected chi connectivity index (χ0v) is 15.3. The summed E-state index contributed by atoms with van der Waals surface area (Å²) < 4.78 is 5.30. The molecule has 2 N–H and O–H groups in total. The summed E-state index contributed by atoms with van der Waals surface area (Å²) in [5.74, 6) is -0.0856. The van der Waals surface area contributed by atoms with E-state index in [1.165, 1.54) is 0 Å². The fourth-order valence-electron chi connectivity index (χ4n) is 5.08. The van der Waals surface area contributed by atoms with Gasteiger partial charge in [-0.25, -0.2) is 0 Å². The lowest BCUT2D eigenvalue weighted by Gasteiger charge is -2.60. The summed E-state index contributed by atoms with van der Waals surface area (Å²) in [6.07, 6.45) is 3.43.